The monoisotopic (exact) mass is 337 g/mol. The first-order chi connectivity index (χ1) is 12.0. The van der Waals surface area contributed by atoms with Crippen LogP contribution in [0, 0.1) is 6.92 Å². The van der Waals surface area contributed by atoms with E-state index < -0.39 is 0 Å². The standard InChI is InChI=1S/C21H27N3O/c1-16-4-6-17(7-5-16)14-22-19-10-8-18(9-11-19)21(25)24(3)20-12-13-23(2)15-20/h4-11,20,22H,12-15H2,1-3H3/t20-/m1/s1. The molecule has 1 atom stereocenters. The highest BCUT2D eigenvalue weighted by atomic mass is 16.2. The molecule has 1 saturated heterocycles. The molecule has 1 amide bonds. The molecule has 0 saturated carbocycles. The van der Waals surface area contributed by atoms with Crippen LogP contribution >= 0.6 is 0 Å². The third kappa shape index (κ3) is 4.40. The normalized spacial score (nSPS) is 17.5. The van der Waals surface area contributed by atoms with Crippen molar-refractivity contribution in [3.8, 4) is 0 Å². The van der Waals surface area contributed by atoms with Gasteiger partial charge in [-0.3, -0.25) is 4.79 Å². The largest absolute Gasteiger partial charge is 0.381 e. The van der Waals surface area contributed by atoms with E-state index in [2.05, 4.69) is 48.5 Å². The summed E-state index contributed by atoms with van der Waals surface area (Å²) in [5, 5.41) is 3.41. The zero-order chi connectivity index (χ0) is 17.8. The second-order valence-corrected chi connectivity index (χ2v) is 7.04. The highest BCUT2D eigenvalue weighted by Crippen LogP contribution is 2.17. The first-order valence-corrected chi connectivity index (χ1v) is 8.88. The number of carbonyl (C=O) groups is 1. The lowest BCUT2D eigenvalue weighted by atomic mass is 10.1. The Balaban J connectivity index is 1.57. The average Bonchev–Trinajstić information content (AvgIpc) is 3.07. The molecule has 4 nitrogen and oxygen atoms in total. The molecule has 3 rings (SSSR count). The molecule has 1 fully saturated rings. The van der Waals surface area contributed by atoms with Gasteiger partial charge in [0.25, 0.3) is 5.91 Å². The van der Waals surface area contributed by atoms with E-state index in [0.29, 0.717) is 6.04 Å². The third-order valence-electron chi connectivity index (χ3n) is 4.98. The lowest BCUT2D eigenvalue weighted by Crippen LogP contribution is -2.38. The van der Waals surface area contributed by atoms with Gasteiger partial charge in [0.2, 0.25) is 0 Å². The van der Waals surface area contributed by atoms with Crippen molar-refractivity contribution in [1.82, 2.24) is 9.80 Å². The maximum absolute atomic E-state index is 12.6. The number of rotatable bonds is 5. The molecule has 1 aliphatic heterocycles. The molecule has 0 aromatic heterocycles. The van der Waals surface area contributed by atoms with Crippen molar-refractivity contribution in [1.29, 1.82) is 0 Å². The van der Waals surface area contributed by atoms with Gasteiger partial charge >= 0.3 is 0 Å². The SMILES string of the molecule is Cc1ccc(CNc2ccc(C(=O)N(C)[C@@H]3CCN(C)C3)cc2)cc1. The summed E-state index contributed by atoms with van der Waals surface area (Å²) in [6.45, 7) is 4.89. The van der Waals surface area contributed by atoms with Gasteiger partial charge in [-0.1, -0.05) is 29.8 Å². The van der Waals surface area contributed by atoms with Gasteiger partial charge in [0, 0.05) is 37.4 Å². The molecule has 0 unspecified atom stereocenters. The number of hydrogen-bond donors (Lipinski definition) is 1. The van der Waals surface area contributed by atoms with Gasteiger partial charge in [-0.25, -0.2) is 0 Å². The number of carbonyl (C=O) groups excluding carboxylic acids is 1. The first kappa shape index (κ1) is 17.5. The number of benzene rings is 2. The summed E-state index contributed by atoms with van der Waals surface area (Å²) < 4.78 is 0. The van der Waals surface area contributed by atoms with Gasteiger partial charge in [-0.15, -0.1) is 0 Å². The van der Waals surface area contributed by atoms with Crippen LogP contribution in [0.4, 0.5) is 5.69 Å². The molecule has 0 spiro atoms. The van der Waals surface area contributed by atoms with Crippen LogP contribution in [0.1, 0.15) is 27.9 Å². The second-order valence-electron chi connectivity index (χ2n) is 7.04. The molecule has 2 aromatic rings. The topological polar surface area (TPSA) is 35.6 Å². The third-order valence-corrected chi connectivity index (χ3v) is 4.98. The van der Waals surface area contributed by atoms with Gasteiger partial charge in [0.1, 0.15) is 0 Å². The highest BCUT2D eigenvalue weighted by molar-refractivity contribution is 5.94. The fourth-order valence-corrected chi connectivity index (χ4v) is 3.24. The van der Waals surface area contributed by atoms with Crippen molar-refractivity contribution in [2.24, 2.45) is 0 Å². The second kappa shape index (κ2) is 7.70. The molecule has 2 aromatic carbocycles. The predicted molar refractivity (Wildman–Crippen MR) is 103 cm³/mol. The zero-order valence-corrected chi connectivity index (χ0v) is 15.3. The van der Waals surface area contributed by atoms with Crippen LogP contribution < -0.4 is 5.32 Å². The number of amides is 1. The quantitative estimate of drug-likeness (QED) is 0.908. The van der Waals surface area contributed by atoms with Crippen LogP contribution in [0.15, 0.2) is 48.5 Å². The van der Waals surface area contributed by atoms with E-state index in [-0.39, 0.29) is 5.91 Å². The van der Waals surface area contributed by atoms with Gasteiger partial charge in [-0.05, 0) is 56.8 Å². The van der Waals surface area contributed by atoms with Crippen molar-refractivity contribution in [3.05, 3.63) is 65.2 Å². The van der Waals surface area contributed by atoms with E-state index in [9.17, 15) is 4.79 Å². The molecule has 4 heteroatoms. The van der Waals surface area contributed by atoms with Crippen molar-refractivity contribution in [2.75, 3.05) is 32.5 Å². The summed E-state index contributed by atoms with van der Waals surface area (Å²) in [5.41, 5.74) is 4.29. The predicted octanol–water partition coefficient (Wildman–Crippen LogP) is 3.38. The number of nitrogens with one attached hydrogen (secondary N) is 1. The average molecular weight is 337 g/mol. The van der Waals surface area contributed by atoms with Crippen LogP contribution in [0.25, 0.3) is 0 Å². The van der Waals surface area contributed by atoms with Crippen LogP contribution in [-0.2, 0) is 6.54 Å². The Kier molecular flexibility index (Phi) is 5.39. The Morgan fingerprint density at radius 3 is 2.44 bits per heavy atom. The number of likely N-dealkylation sites (tertiary alicyclic amines) is 1. The fourth-order valence-electron chi connectivity index (χ4n) is 3.24. The van der Waals surface area contributed by atoms with E-state index in [1.165, 1.54) is 11.1 Å². The number of nitrogens with zero attached hydrogens (tertiary/aromatic N) is 2. The lowest BCUT2D eigenvalue weighted by Gasteiger charge is -2.24. The molecule has 132 valence electrons. The smallest absolute Gasteiger partial charge is 0.253 e. The minimum Gasteiger partial charge on any atom is -0.381 e. The van der Waals surface area contributed by atoms with Crippen LogP contribution in [0.2, 0.25) is 0 Å². The number of aryl methyl sites for hydroxylation is 1. The van der Waals surface area contributed by atoms with Gasteiger partial charge < -0.3 is 15.1 Å². The summed E-state index contributed by atoms with van der Waals surface area (Å²) in [4.78, 5) is 16.8. The maximum Gasteiger partial charge on any atom is 0.253 e. The molecule has 0 aliphatic carbocycles. The molecular weight excluding hydrogens is 310 g/mol. The molecule has 25 heavy (non-hydrogen) atoms. The minimum absolute atomic E-state index is 0.102. The number of anilines is 1. The Bertz CT molecular complexity index is 709. The Morgan fingerprint density at radius 1 is 1.16 bits per heavy atom. The molecule has 1 heterocycles. The molecule has 1 aliphatic rings. The fraction of sp³-hybridized carbons (Fsp3) is 0.381. The first-order valence-electron chi connectivity index (χ1n) is 8.88. The lowest BCUT2D eigenvalue weighted by molar-refractivity contribution is 0.0737. The van der Waals surface area contributed by atoms with E-state index in [4.69, 9.17) is 0 Å². The minimum atomic E-state index is 0.102. The summed E-state index contributed by atoms with van der Waals surface area (Å²) in [7, 11) is 4.02. The summed E-state index contributed by atoms with van der Waals surface area (Å²) >= 11 is 0. The summed E-state index contributed by atoms with van der Waals surface area (Å²) in [5.74, 6) is 0.102. The van der Waals surface area contributed by atoms with Crippen molar-refractivity contribution in [3.63, 3.8) is 0 Å². The number of likely N-dealkylation sites (N-methyl/N-ethyl adjacent to an activating group) is 2. The van der Waals surface area contributed by atoms with E-state index in [1.807, 2.05) is 36.2 Å². The Labute approximate surface area is 150 Å². The molecule has 0 bridgehead atoms. The summed E-state index contributed by atoms with van der Waals surface area (Å²) in [6.07, 6.45) is 1.05. The van der Waals surface area contributed by atoms with E-state index in [0.717, 1.165) is 37.3 Å². The molecule has 0 radical (unpaired) electrons. The van der Waals surface area contributed by atoms with Crippen LogP contribution in [0.3, 0.4) is 0 Å². The van der Waals surface area contributed by atoms with Gasteiger partial charge in [-0.2, -0.15) is 0 Å². The molecule has 1 N–H and O–H groups in total. The van der Waals surface area contributed by atoms with Crippen molar-refractivity contribution in [2.45, 2.75) is 25.9 Å². The van der Waals surface area contributed by atoms with Crippen molar-refractivity contribution >= 4 is 11.6 Å². The summed E-state index contributed by atoms with van der Waals surface area (Å²) in [6, 6.07) is 16.6. The van der Waals surface area contributed by atoms with Crippen LogP contribution in [0.5, 0.6) is 0 Å². The molecular formula is C21H27N3O. The zero-order valence-electron chi connectivity index (χ0n) is 15.3. The van der Waals surface area contributed by atoms with Crippen molar-refractivity contribution < 1.29 is 4.79 Å². The van der Waals surface area contributed by atoms with Crippen LogP contribution in [-0.4, -0.2) is 48.9 Å². The van der Waals surface area contributed by atoms with Gasteiger partial charge in [0.05, 0.1) is 0 Å². The Hall–Kier alpha value is -2.33. The Morgan fingerprint density at radius 2 is 1.84 bits per heavy atom. The van der Waals surface area contributed by atoms with E-state index in [1.54, 1.807) is 0 Å². The highest BCUT2D eigenvalue weighted by Gasteiger charge is 2.26. The van der Waals surface area contributed by atoms with Gasteiger partial charge in [0.15, 0.2) is 0 Å². The van der Waals surface area contributed by atoms with E-state index >= 15 is 0 Å². The number of hydrogen-bond acceptors (Lipinski definition) is 3. The maximum atomic E-state index is 12.6.